The van der Waals surface area contributed by atoms with Crippen LogP contribution in [0.15, 0.2) is 24.3 Å². The zero-order chi connectivity index (χ0) is 12.8. The summed E-state index contributed by atoms with van der Waals surface area (Å²) in [7, 11) is 2.13. The number of benzene rings is 1. The van der Waals surface area contributed by atoms with Gasteiger partial charge in [0.15, 0.2) is 0 Å². The van der Waals surface area contributed by atoms with Crippen LogP contribution in [-0.4, -0.2) is 24.3 Å². The van der Waals surface area contributed by atoms with Crippen LogP contribution in [0.25, 0.3) is 0 Å². The van der Waals surface area contributed by atoms with Gasteiger partial charge in [-0.1, -0.05) is 38.5 Å². The SMILES string of the molecule is CCC(C)CN(C)Cc1cccc(C(=N)N)c1. The Morgan fingerprint density at radius 2 is 2.18 bits per heavy atom. The van der Waals surface area contributed by atoms with Gasteiger partial charge in [0, 0.05) is 18.7 Å². The fraction of sp³-hybridized carbons (Fsp3) is 0.500. The Bertz CT molecular complexity index is 373. The van der Waals surface area contributed by atoms with Crippen molar-refractivity contribution in [3.63, 3.8) is 0 Å². The van der Waals surface area contributed by atoms with Crippen LogP contribution < -0.4 is 5.73 Å². The number of amidine groups is 1. The van der Waals surface area contributed by atoms with E-state index in [1.807, 2.05) is 18.2 Å². The molecule has 1 aromatic carbocycles. The molecular weight excluding hydrogens is 210 g/mol. The molecule has 1 rings (SSSR count). The first-order chi connectivity index (χ1) is 8.02. The quantitative estimate of drug-likeness (QED) is 0.586. The minimum atomic E-state index is 0.136. The number of hydrogen-bond acceptors (Lipinski definition) is 2. The lowest BCUT2D eigenvalue weighted by atomic mass is 10.1. The monoisotopic (exact) mass is 233 g/mol. The minimum Gasteiger partial charge on any atom is -0.384 e. The second-order valence-electron chi connectivity index (χ2n) is 4.82. The second kappa shape index (κ2) is 6.40. The Balaban J connectivity index is 2.62. The minimum absolute atomic E-state index is 0.136. The third-order valence-corrected chi connectivity index (χ3v) is 3.01. The van der Waals surface area contributed by atoms with Gasteiger partial charge in [0.25, 0.3) is 0 Å². The van der Waals surface area contributed by atoms with Gasteiger partial charge in [0.1, 0.15) is 5.84 Å². The van der Waals surface area contributed by atoms with Gasteiger partial charge in [0.05, 0.1) is 0 Å². The second-order valence-corrected chi connectivity index (χ2v) is 4.82. The van der Waals surface area contributed by atoms with E-state index < -0.39 is 0 Å². The zero-order valence-electron chi connectivity index (χ0n) is 11.0. The highest BCUT2D eigenvalue weighted by molar-refractivity contribution is 5.95. The average Bonchev–Trinajstić information content (AvgIpc) is 2.28. The van der Waals surface area contributed by atoms with Gasteiger partial charge in [-0.2, -0.15) is 0 Å². The molecule has 94 valence electrons. The van der Waals surface area contributed by atoms with E-state index >= 15 is 0 Å². The molecule has 0 saturated carbocycles. The van der Waals surface area contributed by atoms with E-state index in [1.165, 1.54) is 12.0 Å². The van der Waals surface area contributed by atoms with E-state index in [1.54, 1.807) is 0 Å². The number of hydrogen-bond donors (Lipinski definition) is 2. The van der Waals surface area contributed by atoms with E-state index in [0.29, 0.717) is 0 Å². The normalized spacial score (nSPS) is 12.7. The lowest BCUT2D eigenvalue weighted by Gasteiger charge is -2.20. The third-order valence-electron chi connectivity index (χ3n) is 3.01. The van der Waals surface area contributed by atoms with Crippen LogP contribution in [-0.2, 0) is 6.54 Å². The predicted octanol–water partition coefficient (Wildman–Crippen LogP) is 2.45. The van der Waals surface area contributed by atoms with Crippen LogP contribution in [0.5, 0.6) is 0 Å². The molecule has 1 atom stereocenters. The summed E-state index contributed by atoms with van der Waals surface area (Å²) in [6.45, 7) is 6.49. The highest BCUT2D eigenvalue weighted by Crippen LogP contribution is 2.09. The molecule has 0 aromatic heterocycles. The summed E-state index contributed by atoms with van der Waals surface area (Å²) in [5.74, 6) is 0.854. The Morgan fingerprint density at radius 1 is 1.47 bits per heavy atom. The van der Waals surface area contributed by atoms with Gasteiger partial charge in [-0.05, 0) is 24.6 Å². The summed E-state index contributed by atoms with van der Waals surface area (Å²) < 4.78 is 0. The fourth-order valence-electron chi connectivity index (χ4n) is 1.87. The Labute approximate surface area is 104 Å². The fourth-order valence-corrected chi connectivity index (χ4v) is 1.87. The topological polar surface area (TPSA) is 53.1 Å². The lowest BCUT2D eigenvalue weighted by molar-refractivity contribution is 0.275. The van der Waals surface area contributed by atoms with Gasteiger partial charge in [0.2, 0.25) is 0 Å². The first-order valence-electron chi connectivity index (χ1n) is 6.14. The molecule has 3 N–H and O–H groups in total. The van der Waals surface area contributed by atoms with Crippen LogP contribution in [0, 0.1) is 11.3 Å². The van der Waals surface area contributed by atoms with E-state index in [0.717, 1.165) is 24.6 Å². The molecule has 0 aliphatic rings. The van der Waals surface area contributed by atoms with Gasteiger partial charge < -0.3 is 10.6 Å². The smallest absolute Gasteiger partial charge is 0.122 e. The number of nitrogens with zero attached hydrogens (tertiary/aromatic N) is 1. The van der Waals surface area contributed by atoms with Crippen molar-refractivity contribution >= 4 is 5.84 Å². The third kappa shape index (κ3) is 4.57. The van der Waals surface area contributed by atoms with Crippen LogP contribution in [0.2, 0.25) is 0 Å². The summed E-state index contributed by atoms with van der Waals surface area (Å²) in [6.07, 6.45) is 1.21. The van der Waals surface area contributed by atoms with E-state index in [9.17, 15) is 0 Å². The van der Waals surface area contributed by atoms with Gasteiger partial charge >= 0.3 is 0 Å². The average molecular weight is 233 g/mol. The van der Waals surface area contributed by atoms with Crippen LogP contribution in [0.1, 0.15) is 31.4 Å². The van der Waals surface area contributed by atoms with Crippen molar-refractivity contribution in [2.24, 2.45) is 11.7 Å². The lowest BCUT2D eigenvalue weighted by Crippen LogP contribution is -2.24. The Hall–Kier alpha value is -1.35. The molecule has 1 aromatic rings. The first kappa shape index (κ1) is 13.7. The molecule has 0 heterocycles. The Morgan fingerprint density at radius 3 is 2.76 bits per heavy atom. The van der Waals surface area contributed by atoms with E-state index in [-0.39, 0.29) is 5.84 Å². The van der Waals surface area contributed by atoms with Gasteiger partial charge in [-0.25, -0.2) is 0 Å². The molecule has 0 amide bonds. The van der Waals surface area contributed by atoms with Crippen LogP contribution in [0.3, 0.4) is 0 Å². The molecule has 0 fully saturated rings. The molecule has 3 nitrogen and oxygen atoms in total. The van der Waals surface area contributed by atoms with Crippen molar-refractivity contribution in [3.8, 4) is 0 Å². The van der Waals surface area contributed by atoms with E-state index in [2.05, 4.69) is 31.9 Å². The molecule has 0 saturated heterocycles. The molecule has 0 bridgehead atoms. The van der Waals surface area contributed by atoms with Gasteiger partial charge in [-0.3, -0.25) is 5.41 Å². The summed E-state index contributed by atoms with van der Waals surface area (Å²) >= 11 is 0. The van der Waals surface area contributed by atoms with Crippen LogP contribution >= 0.6 is 0 Å². The van der Waals surface area contributed by atoms with Crippen molar-refractivity contribution in [2.75, 3.05) is 13.6 Å². The molecule has 1 unspecified atom stereocenters. The molecular formula is C14H23N3. The van der Waals surface area contributed by atoms with Crippen molar-refractivity contribution < 1.29 is 0 Å². The van der Waals surface area contributed by atoms with Crippen molar-refractivity contribution in [1.82, 2.24) is 4.90 Å². The Kier molecular flexibility index (Phi) is 5.16. The van der Waals surface area contributed by atoms with Crippen molar-refractivity contribution in [2.45, 2.75) is 26.8 Å². The molecule has 0 aliphatic carbocycles. The molecule has 0 spiro atoms. The summed E-state index contributed by atoms with van der Waals surface area (Å²) in [4.78, 5) is 2.31. The molecule has 0 aliphatic heterocycles. The maximum atomic E-state index is 7.42. The van der Waals surface area contributed by atoms with Gasteiger partial charge in [-0.15, -0.1) is 0 Å². The molecule has 17 heavy (non-hydrogen) atoms. The highest BCUT2D eigenvalue weighted by atomic mass is 15.1. The highest BCUT2D eigenvalue weighted by Gasteiger charge is 2.06. The number of nitrogens with one attached hydrogen (secondary N) is 1. The number of nitrogen functional groups attached to an aromatic ring is 1. The summed E-state index contributed by atoms with van der Waals surface area (Å²) in [5, 5.41) is 7.42. The molecule has 3 heteroatoms. The number of rotatable bonds is 6. The maximum absolute atomic E-state index is 7.42. The largest absolute Gasteiger partial charge is 0.384 e. The predicted molar refractivity (Wildman–Crippen MR) is 73.2 cm³/mol. The maximum Gasteiger partial charge on any atom is 0.122 e. The standard InChI is InChI=1S/C14H23N3/c1-4-11(2)9-17(3)10-12-6-5-7-13(8-12)14(15)16/h5-8,11H,4,9-10H2,1-3H3,(H3,15,16). The first-order valence-corrected chi connectivity index (χ1v) is 6.14. The van der Waals surface area contributed by atoms with E-state index in [4.69, 9.17) is 11.1 Å². The van der Waals surface area contributed by atoms with Crippen molar-refractivity contribution in [3.05, 3.63) is 35.4 Å². The zero-order valence-corrected chi connectivity index (χ0v) is 11.0. The summed E-state index contributed by atoms with van der Waals surface area (Å²) in [6, 6.07) is 7.92. The van der Waals surface area contributed by atoms with Crippen LogP contribution in [0.4, 0.5) is 0 Å². The summed E-state index contributed by atoms with van der Waals surface area (Å²) in [5.41, 5.74) is 7.50. The number of nitrogens with two attached hydrogens (primary N) is 1. The van der Waals surface area contributed by atoms with Crippen molar-refractivity contribution in [1.29, 1.82) is 5.41 Å². The molecule has 0 radical (unpaired) electrons.